The van der Waals surface area contributed by atoms with Crippen molar-refractivity contribution in [3.63, 3.8) is 0 Å². The van der Waals surface area contributed by atoms with Gasteiger partial charge in [-0.3, -0.25) is 14.6 Å². The summed E-state index contributed by atoms with van der Waals surface area (Å²) in [4.78, 5) is 17.0. The van der Waals surface area contributed by atoms with Crippen molar-refractivity contribution in [2.75, 3.05) is 51.1 Å². The summed E-state index contributed by atoms with van der Waals surface area (Å²) in [5.41, 5.74) is 0.420. The van der Waals surface area contributed by atoms with Crippen LogP contribution in [0.4, 0.5) is 5.69 Å². The lowest BCUT2D eigenvalue weighted by atomic mass is 10.2. The Labute approximate surface area is 169 Å². The highest BCUT2D eigenvalue weighted by Gasteiger charge is 2.26. The average Bonchev–Trinajstić information content (AvgIpc) is 3.06. The standard InChI is InChI=1S/C16H21Cl3N4O.ClH/c17-11-7-13(18)16(14(19)8-11)21-15(24)10-22-3-5-23(6-4-22)12-1-2-20-9-12;/h7-8,12,20H,1-6,9-10H2,(H,21,24);1H. The first-order valence-corrected chi connectivity index (χ1v) is 9.28. The van der Waals surface area contributed by atoms with Crippen molar-refractivity contribution < 1.29 is 4.79 Å². The van der Waals surface area contributed by atoms with Crippen LogP contribution < -0.4 is 10.6 Å². The highest BCUT2D eigenvalue weighted by atomic mass is 35.5. The van der Waals surface area contributed by atoms with Gasteiger partial charge in [0.15, 0.2) is 0 Å². The molecule has 1 unspecified atom stereocenters. The second-order valence-corrected chi connectivity index (χ2v) is 7.50. The molecule has 2 aliphatic rings. The Kier molecular flexibility index (Phi) is 8.08. The smallest absolute Gasteiger partial charge is 0.238 e. The maximum Gasteiger partial charge on any atom is 0.238 e. The van der Waals surface area contributed by atoms with Gasteiger partial charge in [-0.1, -0.05) is 34.8 Å². The van der Waals surface area contributed by atoms with Crippen LogP contribution in [0.3, 0.4) is 0 Å². The Hall–Kier alpha value is -0.270. The van der Waals surface area contributed by atoms with E-state index in [1.54, 1.807) is 12.1 Å². The second-order valence-electron chi connectivity index (χ2n) is 6.25. The van der Waals surface area contributed by atoms with Gasteiger partial charge in [0.2, 0.25) is 5.91 Å². The summed E-state index contributed by atoms with van der Waals surface area (Å²) in [5.74, 6) is -0.114. The predicted molar refractivity (Wildman–Crippen MR) is 107 cm³/mol. The fourth-order valence-electron chi connectivity index (χ4n) is 3.28. The summed E-state index contributed by atoms with van der Waals surface area (Å²) in [6.45, 7) is 6.32. The molecule has 2 saturated heterocycles. The van der Waals surface area contributed by atoms with Gasteiger partial charge >= 0.3 is 0 Å². The third-order valence-electron chi connectivity index (χ3n) is 4.60. The maximum atomic E-state index is 12.3. The molecule has 1 amide bonds. The summed E-state index contributed by atoms with van der Waals surface area (Å²) in [5, 5.41) is 7.33. The van der Waals surface area contributed by atoms with E-state index in [2.05, 4.69) is 20.4 Å². The first-order valence-electron chi connectivity index (χ1n) is 8.14. The van der Waals surface area contributed by atoms with E-state index in [4.69, 9.17) is 34.8 Å². The van der Waals surface area contributed by atoms with E-state index < -0.39 is 0 Å². The zero-order valence-electron chi connectivity index (χ0n) is 13.7. The molecule has 3 rings (SSSR count). The molecule has 1 aromatic rings. The molecule has 2 aliphatic heterocycles. The number of carbonyl (C=O) groups is 1. The minimum atomic E-state index is -0.114. The molecule has 9 heteroatoms. The van der Waals surface area contributed by atoms with Crippen LogP contribution >= 0.6 is 47.2 Å². The van der Waals surface area contributed by atoms with Gasteiger partial charge in [-0.2, -0.15) is 0 Å². The van der Waals surface area contributed by atoms with Crippen LogP contribution in [0.5, 0.6) is 0 Å². The predicted octanol–water partition coefficient (Wildman–Crippen LogP) is 2.99. The third kappa shape index (κ3) is 5.60. The number of anilines is 1. The lowest BCUT2D eigenvalue weighted by molar-refractivity contribution is -0.117. The van der Waals surface area contributed by atoms with Crippen LogP contribution in [0, 0.1) is 0 Å². The Morgan fingerprint density at radius 2 is 1.80 bits per heavy atom. The van der Waals surface area contributed by atoms with E-state index in [1.807, 2.05) is 0 Å². The number of nitrogens with zero attached hydrogens (tertiary/aromatic N) is 2. The molecule has 0 bridgehead atoms. The Morgan fingerprint density at radius 1 is 1.16 bits per heavy atom. The minimum Gasteiger partial charge on any atom is -0.322 e. The van der Waals surface area contributed by atoms with Gasteiger partial charge < -0.3 is 10.6 Å². The van der Waals surface area contributed by atoms with E-state index >= 15 is 0 Å². The number of piperazine rings is 1. The molecular formula is C16H22Cl4N4O. The molecule has 25 heavy (non-hydrogen) atoms. The van der Waals surface area contributed by atoms with Gasteiger partial charge in [-0.15, -0.1) is 12.4 Å². The van der Waals surface area contributed by atoms with Crippen LogP contribution in [-0.4, -0.2) is 67.6 Å². The van der Waals surface area contributed by atoms with Gasteiger partial charge in [0, 0.05) is 43.8 Å². The van der Waals surface area contributed by atoms with Gasteiger partial charge in [0.25, 0.3) is 0 Å². The molecule has 2 N–H and O–H groups in total. The van der Waals surface area contributed by atoms with Crippen molar-refractivity contribution in [3.05, 3.63) is 27.2 Å². The van der Waals surface area contributed by atoms with Crippen LogP contribution in [-0.2, 0) is 4.79 Å². The number of nitrogens with one attached hydrogen (secondary N) is 2. The molecule has 0 radical (unpaired) electrons. The number of benzene rings is 1. The van der Waals surface area contributed by atoms with Crippen molar-refractivity contribution in [3.8, 4) is 0 Å². The monoisotopic (exact) mass is 426 g/mol. The molecule has 2 fully saturated rings. The van der Waals surface area contributed by atoms with Gasteiger partial charge in [0.1, 0.15) is 0 Å². The van der Waals surface area contributed by atoms with Gasteiger partial charge in [-0.25, -0.2) is 0 Å². The topological polar surface area (TPSA) is 47.6 Å². The van der Waals surface area contributed by atoms with Crippen molar-refractivity contribution in [1.82, 2.24) is 15.1 Å². The SMILES string of the molecule is Cl.O=C(CN1CCN(C2CCNC2)CC1)Nc1c(Cl)cc(Cl)cc1Cl. The number of amides is 1. The molecule has 0 aliphatic carbocycles. The van der Waals surface area contributed by atoms with Crippen molar-refractivity contribution in [2.45, 2.75) is 12.5 Å². The Bertz CT molecular complexity index is 579. The van der Waals surface area contributed by atoms with E-state index in [0.717, 1.165) is 39.3 Å². The Balaban J connectivity index is 0.00000225. The highest BCUT2D eigenvalue weighted by Crippen LogP contribution is 2.33. The van der Waals surface area contributed by atoms with E-state index in [9.17, 15) is 4.79 Å². The fraction of sp³-hybridized carbons (Fsp3) is 0.562. The summed E-state index contributed by atoms with van der Waals surface area (Å²) in [7, 11) is 0. The zero-order valence-corrected chi connectivity index (χ0v) is 16.8. The molecule has 0 aromatic heterocycles. The van der Waals surface area contributed by atoms with E-state index in [-0.39, 0.29) is 18.3 Å². The Morgan fingerprint density at radius 3 is 2.36 bits per heavy atom. The molecule has 0 saturated carbocycles. The van der Waals surface area contributed by atoms with Gasteiger partial charge in [-0.05, 0) is 25.1 Å². The number of halogens is 4. The molecule has 1 atom stereocenters. The summed E-state index contributed by atoms with van der Waals surface area (Å²) < 4.78 is 0. The molecular weight excluding hydrogens is 406 g/mol. The van der Waals surface area contributed by atoms with Crippen LogP contribution in [0.25, 0.3) is 0 Å². The number of hydrogen-bond acceptors (Lipinski definition) is 4. The normalized spacial score (nSPS) is 21.8. The van der Waals surface area contributed by atoms with E-state index in [0.29, 0.717) is 33.3 Å². The molecule has 2 heterocycles. The number of carbonyl (C=O) groups excluding carboxylic acids is 1. The van der Waals surface area contributed by atoms with E-state index in [1.165, 1.54) is 6.42 Å². The zero-order chi connectivity index (χ0) is 17.1. The third-order valence-corrected chi connectivity index (χ3v) is 5.41. The summed E-state index contributed by atoms with van der Waals surface area (Å²) in [6.07, 6.45) is 1.22. The van der Waals surface area contributed by atoms with Gasteiger partial charge in [0.05, 0.1) is 22.3 Å². The van der Waals surface area contributed by atoms with Crippen LogP contribution in [0.1, 0.15) is 6.42 Å². The van der Waals surface area contributed by atoms with Crippen LogP contribution in [0.2, 0.25) is 15.1 Å². The maximum absolute atomic E-state index is 12.3. The second kappa shape index (κ2) is 9.60. The lowest BCUT2D eigenvalue weighted by Gasteiger charge is -2.37. The lowest BCUT2D eigenvalue weighted by Crippen LogP contribution is -2.52. The first-order chi connectivity index (χ1) is 11.5. The largest absolute Gasteiger partial charge is 0.322 e. The molecule has 1 aromatic carbocycles. The summed E-state index contributed by atoms with van der Waals surface area (Å²) >= 11 is 18.1. The van der Waals surface area contributed by atoms with Crippen LogP contribution in [0.15, 0.2) is 12.1 Å². The molecule has 0 spiro atoms. The highest BCUT2D eigenvalue weighted by molar-refractivity contribution is 6.42. The fourth-order valence-corrected chi connectivity index (χ4v) is 4.19. The average molecular weight is 428 g/mol. The summed E-state index contributed by atoms with van der Waals surface area (Å²) in [6, 6.07) is 3.78. The molecule has 5 nitrogen and oxygen atoms in total. The minimum absolute atomic E-state index is 0. The van der Waals surface area contributed by atoms with Crippen molar-refractivity contribution in [1.29, 1.82) is 0 Å². The number of hydrogen-bond donors (Lipinski definition) is 2. The van der Waals surface area contributed by atoms with Crippen molar-refractivity contribution in [2.24, 2.45) is 0 Å². The van der Waals surface area contributed by atoms with Crippen molar-refractivity contribution >= 4 is 58.8 Å². The molecule has 140 valence electrons. The first kappa shape index (κ1) is 21.0. The quantitative estimate of drug-likeness (QED) is 0.775. The number of rotatable bonds is 4.